The van der Waals surface area contributed by atoms with E-state index >= 15 is 0 Å². The number of unbranched alkanes of at least 4 members (excludes halogenated alkanes) is 8. The van der Waals surface area contributed by atoms with Gasteiger partial charge in [0.15, 0.2) is 0 Å². The molecule has 0 radical (unpaired) electrons. The molecule has 0 spiro atoms. The maximum atomic E-state index is 11.8. The molecule has 0 aromatic carbocycles. The third-order valence-electron chi connectivity index (χ3n) is 4.31. The number of nitrogens with one attached hydrogen (secondary N) is 1. The van der Waals surface area contributed by atoms with Crippen molar-refractivity contribution in [3.05, 3.63) is 0 Å². The first-order valence-corrected chi connectivity index (χ1v) is 8.62. The zero-order valence-electron chi connectivity index (χ0n) is 12.9. The molecule has 2 heteroatoms. The van der Waals surface area contributed by atoms with Crippen LogP contribution in [0.15, 0.2) is 0 Å². The van der Waals surface area contributed by atoms with Crippen molar-refractivity contribution in [2.24, 2.45) is 5.92 Å². The molecule has 112 valence electrons. The van der Waals surface area contributed by atoms with Gasteiger partial charge in [-0.25, -0.2) is 0 Å². The van der Waals surface area contributed by atoms with Crippen LogP contribution in [0.1, 0.15) is 90.4 Å². The molecular weight excluding hydrogens is 234 g/mol. The number of amides is 1. The summed E-state index contributed by atoms with van der Waals surface area (Å²) in [5.74, 6) is 0.629. The lowest BCUT2D eigenvalue weighted by molar-refractivity contribution is -0.124. The van der Waals surface area contributed by atoms with E-state index in [1.807, 2.05) is 0 Å². The average Bonchev–Trinajstić information content (AvgIpc) is 2.62. The topological polar surface area (TPSA) is 29.1 Å². The first-order chi connectivity index (χ1) is 9.34. The summed E-state index contributed by atoms with van der Waals surface area (Å²) in [7, 11) is 0. The zero-order chi connectivity index (χ0) is 13.8. The van der Waals surface area contributed by atoms with E-state index in [2.05, 4.69) is 12.2 Å². The van der Waals surface area contributed by atoms with Crippen molar-refractivity contribution >= 4 is 5.91 Å². The van der Waals surface area contributed by atoms with Crippen LogP contribution in [0.3, 0.4) is 0 Å². The van der Waals surface area contributed by atoms with Crippen LogP contribution in [0.4, 0.5) is 0 Å². The lowest BCUT2D eigenvalue weighted by Gasteiger charge is -2.12. The summed E-state index contributed by atoms with van der Waals surface area (Å²) in [5, 5.41) is 3.04. The second kappa shape index (κ2) is 11.3. The highest BCUT2D eigenvalue weighted by Crippen LogP contribution is 2.20. The van der Waals surface area contributed by atoms with Crippen LogP contribution in [0.2, 0.25) is 0 Å². The zero-order valence-corrected chi connectivity index (χ0v) is 12.9. The van der Waals surface area contributed by atoms with Crippen molar-refractivity contribution in [1.29, 1.82) is 0 Å². The lowest BCUT2D eigenvalue weighted by Crippen LogP contribution is -2.28. The van der Waals surface area contributed by atoms with Crippen LogP contribution in [0.5, 0.6) is 0 Å². The molecule has 1 atom stereocenters. The summed E-state index contributed by atoms with van der Waals surface area (Å²) in [6.07, 6.45) is 16.9. The van der Waals surface area contributed by atoms with Crippen LogP contribution in [-0.4, -0.2) is 12.5 Å². The van der Waals surface area contributed by atoms with Gasteiger partial charge in [-0.2, -0.15) is 0 Å². The Morgan fingerprint density at radius 2 is 1.58 bits per heavy atom. The van der Waals surface area contributed by atoms with Gasteiger partial charge >= 0.3 is 0 Å². The molecule has 2 nitrogen and oxygen atoms in total. The smallest absolute Gasteiger partial charge is 0.223 e. The predicted octanol–water partition coefficient (Wildman–Crippen LogP) is 4.82. The molecule has 0 bridgehead atoms. The summed E-state index contributed by atoms with van der Waals surface area (Å²) in [6.45, 7) is 3.16. The second-order valence-corrected chi connectivity index (χ2v) is 6.10. The Bertz CT molecular complexity index is 227. The van der Waals surface area contributed by atoms with E-state index in [0.717, 1.165) is 19.4 Å². The van der Waals surface area contributed by atoms with Gasteiger partial charge in [0.25, 0.3) is 0 Å². The molecule has 1 fully saturated rings. The van der Waals surface area contributed by atoms with Crippen molar-refractivity contribution in [2.45, 2.75) is 90.4 Å². The lowest BCUT2D eigenvalue weighted by atomic mass is 9.95. The maximum Gasteiger partial charge on any atom is 0.223 e. The Balaban J connectivity index is 1.91. The fraction of sp³-hybridized carbons (Fsp3) is 0.941. The van der Waals surface area contributed by atoms with Crippen molar-refractivity contribution in [2.75, 3.05) is 6.54 Å². The van der Waals surface area contributed by atoms with Gasteiger partial charge in [-0.3, -0.25) is 4.79 Å². The molecule has 1 amide bonds. The van der Waals surface area contributed by atoms with E-state index in [4.69, 9.17) is 0 Å². The monoisotopic (exact) mass is 267 g/mol. The van der Waals surface area contributed by atoms with Gasteiger partial charge in [-0.1, -0.05) is 71.1 Å². The molecule has 1 unspecified atom stereocenters. The summed E-state index contributed by atoms with van der Waals surface area (Å²) in [5.41, 5.74) is 0. The fourth-order valence-corrected chi connectivity index (χ4v) is 2.98. The first-order valence-electron chi connectivity index (χ1n) is 8.62. The Morgan fingerprint density at radius 1 is 0.947 bits per heavy atom. The molecule has 1 N–H and O–H groups in total. The quantitative estimate of drug-likeness (QED) is 0.565. The van der Waals surface area contributed by atoms with Crippen molar-refractivity contribution < 1.29 is 4.79 Å². The molecule has 1 heterocycles. The van der Waals surface area contributed by atoms with E-state index < -0.39 is 0 Å². The van der Waals surface area contributed by atoms with Gasteiger partial charge in [0.05, 0.1) is 0 Å². The average molecular weight is 267 g/mol. The molecular formula is C17H33NO. The number of hydrogen-bond acceptors (Lipinski definition) is 1. The SMILES string of the molecule is CCCCCCCCCCCC1CCCCNC1=O. The van der Waals surface area contributed by atoms with Gasteiger partial charge in [0, 0.05) is 12.5 Å². The minimum absolute atomic E-state index is 0.312. The first kappa shape index (κ1) is 16.5. The van der Waals surface area contributed by atoms with Crippen LogP contribution < -0.4 is 5.32 Å². The van der Waals surface area contributed by atoms with Gasteiger partial charge in [0.2, 0.25) is 5.91 Å². The van der Waals surface area contributed by atoms with Crippen LogP contribution in [0.25, 0.3) is 0 Å². The highest BCUT2D eigenvalue weighted by Gasteiger charge is 2.19. The molecule has 0 aliphatic carbocycles. The highest BCUT2D eigenvalue weighted by atomic mass is 16.1. The summed E-state index contributed by atoms with van der Waals surface area (Å²) < 4.78 is 0. The normalized spacial score (nSPS) is 20.1. The van der Waals surface area contributed by atoms with E-state index in [0.29, 0.717) is 11.8 Å². The molecule has 0 saturated carbocycles. The minimum atomic E-state index is 0.312. The Kier molecular flexibility index (Phi) is 9.84. The molecule has 0 aromatic rings. The van der Waals surface area contributed by atoms with Gasteiger partial charge in [-0.05, 0) is 19.3 Å². The summed E-state index contributed by atoms with van der Waals surface area (Å²) in [4.78, 5) is 11.8. The number of carbonyl (C=O) groups is 1. The number of carbonyl (C=O) groups excluding carboxylic acids is 1. The van der Waals surface area contributed by atoms with Crippen molar-refractivity contribution in [3.63, 3.8) is 0 Å². The molecule has 1 aliphatic heterocycles. The van der Waals surface area contributed by atoms with Gasteiger partial charge in [0.1, 0.15) is 0 Å². The molecule has 1 saturated heterocycles. The minimum Gasteiger partial charge on any atom is -0.356 e. The Morgan fingerprint density at radius 3 is 2.26 bits per heavy atom. The fourth-order valence-electron chi connectivity index (χ4n) is 2.98. The van der Waals surface area contributed by atoms with Crippen molar-refractivity contribution in [3.8, 4) is 0 Å². The van der Waals surface area contributed by atoms with E-state index in [1.165, 1.54) is 70.6 Å². The van der Waals surface area contributed by atoms with Gasteiger partial charge < -0.3 is 5.32 Å². The van der Waals surface area contributed by atoms with E-state index in [1.54, 1.807) is 0 Å². The molecule has 0 aromatic heterocycles. The largest absolute Gasteiger partial charge is 0.356 e. The second-order valence-electron chi connectivity index (χ2n) is 6.10. The number of hydrogen-bond donors (Lipinski definition) is 1. The van der Waals surface area contributed by atoms with E-state index in [9.17, 15) is 4.79 Å². The Hall–Kier alpha value is -0.530. The summed E-state index contributed by atoms with van der Waals surface area (Å²) in [6, 6.07) is 0. The van der Waals surface area contributed by atoms with Crippen LogP contribution in [0, 0.1) is 5.92 Å². The predicted molar refractivity (Wildman–Crippen MR) is 82.2 cm³/mol. The third kappa shape index (κ3) is 8.28. The molecule has 19 heavy (non-hydrogen) atoms. The third-order valence-corrected chi connectivity index (χ3v) is 4.31. The summed E-state index contributed by atoms with van der Waals surface area (Å²) >= 11 is 0. The molecule has 1 aliphatic rings. The highest BCUT2D eigenvalue weighted by molar-refractivity contribution is 5.78. The maximum absolute atomic E-state index is 11.8. The van der Waals surface area contributed by atoms with Crippen LogP contribution in [-0.2, 0) is 4.79 Å². The van der Waals surface area contributed by atoms with Crippen LogP contribution >= 0.6 is 0 Å². The van der Waals surface area contributed by atoms with Gasteiger partial charge in [-0.15, -0.1) is 0 Å². The van der Waals surface area contributed by atoms with E-state index in [-0.39, 0.29) is 0 Å². The van der Waals surface area contributed by atoms with Crippen molar-refractivity contribution in [1.82, 2.24) is 5.32 Å². The Labute approximate surface area is 119 Å². The standard InChI is InChI=1S/C17H33NO/c1-2-3-4-5-6-7-8-9-10-13-16-14-11-12-15-18-17(16)19/h16H,2-15H2,1H3,(H,18,19). The molecule has 1 rings (SSSR count). The number of rotatable bonds is 10.